The Balaban J connectivity index is 3.07. The van der Waals surface area contributed by atoms with E-state index in [0.717, 1.165) is 0 Å². The van der Waals surface area contributed by atoms with Gasteiger partial charge in [-0.3, -0.25) is 0 Å². The lowest BCUT2D eigenvalue weighted by molar-refractivity contribution is -0.0317. The average Bonchev–Trinajstić information content (AvgIpc) is 3.35. The fourth-order valence-electron chi connectivity index (χ4n) is 4.68. The minimum Gasteiger partial charge on any atom is -0.377 e. The molecule has 0 aromatic heterocycles. The summed E-state index contributed by atoms with van der Waals surface area (Å²) in [6.07, 6.45) is 0. The number of hydrogen-bond donors (Lipinski definition) is 2. The molecule has 24 heteroatoms. The molecule has 0 saturated heterocycles. The Morgan fingerprint density at radius 2 is 0.162 bits per heavy atom. The third-order valence-corrected chi connectivity index (χ3v) is 8.05. The first-order valence-electron chi connectivity index (χ1n) is 24.0. The predicted molar refractivity (Wildman–Crippen MR) is 246 cm³/mol. The second-order valence-corrected chi connectivity index (χ2v) is 13.4. The van der Waals surface area contributed by atoms with E-state index in [1.54, 1.807) is 0 Å². The second kappa shape index (κ2) is 66.0. The summed E-state index contributed by atoms with van der Waals surface area (Å²) in [5.41, 5.74) is 10.4. The van der Waals surface area contributed by atoms with Crippen molar-refractivity contribution in [1.82, 2.24) is 0 Å². The van der Waals surface area contributed by atoms with E-state index in [2.05, 4.69) is 0 Å². The molecule has 0 heterocycles. The fraction of sp³-hybridized carbons (Fsp3) is 1.00. The van der Waals surface area contributed by atoms with Gasteiger partial charge in [0.1, 0.15) is 0 Å². The molecule has 24 nitrogen and oxygen atoms in total. The van der Waals surface area contributed by atoms with Crippen molar-refractivity contribution in [1.29, 1.82) is 0 Å². The molecule has 0 amide bonds. The van der Waals surface area contributed by atoms with Gasteiger partial charge in [-0.1, -0.05) is 0 Å². The van der Waals surface area contributed by atoms with E-state index in [4.69, 9.17) is 116 Å². The van der Waals surface area contributed by atoms with E-state index in [0.29, 0.717) is 277 Å². The van der Waals surface area contributed by atoms with Gasteiger partial charge in [0.25, 0.3) is 0 Å². The maximum atomic E-state index is 5.51. The Kier molecular flexibility index (Phi) is 65.1. The molecule has 0 aliphatic heterocycles. The summed E-state index contributed by atoms with van der Waals surface area (Å²) < 4.78 is 119. The van der Waals surface area contributed by atoms with Crippen LogP contribution in [0.5, 0.6) is 0 Å². The first-order valence-corrected chi connectivity index (χ1v) is 24.0. The largest absolute Gasteiger partial charge is 0.377 e. The highest BCUT2D eigenvalue weighted by Gasteiger charge is 1.99. The molecule has 0 rings (SSSR count). The average molecular weight is 1000 g/mol. The van der Waals surface area contributed by atoms with E-state index in [9.17, 15) is 0 Å². The summed E-state index contributed by atoms with van der Waals surface area (Å²) in [7, 11) is 0. The monoisotopic (exact) mass is 1000 g/mol. The molecule has 0 aromatic rings. The number of ether oxygens (including phenoxy) is 22. The standard InChI is InChI=1S/C44H92N2O22/c45-43-67-41-39-65-37-35-63-33-31-61-29-27-59-25-23-57-21-19-55-17-15-53-13-11-51-9-7-49-5-3-47-1-2-48-4-6-50-8-10-52-12-14-54-16-18-56-20-22-58-24-26-60-28-30-62-32-34-64-36-38-66-40-42-68-44-46/h1-46H2. The molecule has 0 aliphatic carbocycles. The topological polar surface area (TPSA) is 255 Å². The molecule has 0 fully saturated rings. The van der Waals surface area contributed by atoms with Crippen LogP contribution in [0.1, 0.15) is 0 Å². The molecule has 68 heavy (non-hydrogen) atoms. The van der Waals surface area contributed by atoms with Gasteiger partial charge in [-0.05, 0) is 0 Å². The highest BCUT2D eigenvalue weighted by molar-refractivity contribution is 4.42. The van der Waals surface area contributed by atoms with Crippen LogP contribution in [0.4, 0.5) is 0 Å². The molecular formula is C44H92N2O22. The van der Waals surface area contributed by atoms with Crippen molar-refractivity contribution in [3.63, 3.8) is 0 Å². The SMILES string of the molecule is NCOCCOCCOCCOCCOCCOCCOCCOCCOCCOCCOCCOCCOCCOCCOCCOCCOCCOCCOCCOCCOCCOCN. The molecule has 0 atom stereocenters. The minimum atomic E-state index is 0.204. The van der Waals surface area contributed by atoms with Gasteiger partial charge in [0.15, 0.2) is 0 Å². The van der Waals surface area contributed by atoms with Crippen LogP contribution in [0.2, 0.25) is 0 Å². The second-order valence-electron chi connectivity index (χ2n) is 13.4. The smallest absolute Gasteiger partial charge is 0.0941 e. The quantitative estimate of drug-likeness (QED) is 0.0558. The summed E-state index contributed by atoms with van der Waals surface area (Å²) in [5, 5.41) is 0. The third kappa shape index (κ3) is 65.0. The first-order chi connectivity index (χ1) is 33.9. The van der Waals surface area contributed by atoms with Gasteiger partial charge in [0.2, 0.25) is 0 Å². The van der Waals surface area contributed by atoms with Crippen molar-refractivity contribution in [3.8, 4) is 0 Å². The van der Waals surface area contributed by atoms with Crippen molar-refractivity contribution in [3.05, 3.63) is 0 Å². The highest BCUT2D eigenvalue weighted by atomic mass is 16.6. The molecule has 410 valence electrons. The Bertz CT molecular complexity index is 805. The normalized spacial score (nSPS) is 11.7. The van der Waals surface area contributed by atoms with Crippen LogP contribution in [0.15, 0.2) is 0 Å². The van der Waals surface area contributed by atoms with Gasteiger partial charge < -0.3 is 116 Å². The number of rotatable bonds is 65. The molecule has 0 spiro atoms. The zero-order valence-corrected chi connectivity index (χ0v) is 41.2. The summed E-state index contributed by atoms with van der Waals surface area (Å²) in [5.74, 6) is 0. The summed E-state index contributed by atoms with van der Waals surface area (Å²) in [6.45, 7) is 21.3. The molecule has 0 unspecified atom stereocenters. The van der Waals surface area contributed by atoms with Gasteiger partial charge in [-0.15, -0.1) is 0 Å². The van der Waals surface area contributed by atoms with Crippen molar-refractivity contribution < 1.29 is 104 Å². The van der Waals surface area contributed by atoms with Crippen LogP contribution in [0.3, 0.4) is 0 Å². The molecule has 4 N–H and O–H groups in total. The lowest BCUT2D eigenvalue weighted by atomic mass is 10.6. The maximum Gasteiger partial charge on any atom is 0.0941 e. The van der Waals surface area contributed by atoms with Crippen molar-refractivity contribution in [2.45, 2.75) is 0 Å². The summed E-state index contributed by atoms with van der Waals surface area (Å²) in [4.78, 5) is 0. The Hall–Kier alpha value is -0.960. The summed E-state index contributed by atoms with van der Waals surface area (Å²) >= 11 is 0. The first kappa shape index (κ1) is 67.0. The molecule has 0 aromatic carbocycles. The van der Waals surface area contributed by atoms with E-state index in [1.165, 1.54) is 0 Å². The zero-order valence-electron chi connectivity index (χ0n) is 41.2. The van der Waals surface area contributed by atoms with E-state index in [1.807, 2.05) is 0 Å². The van der Waals surface area contributed by atoms with Crippen molar-refractivity contribution in [2.75, 3.05) is 291 Å². The predicted octanol–water partition coefficient (Wildman–Crippen LogP) is -0.816. The zero-order chi connectivity index (χ0) is 48.7. The van der Waals surface area contributed by atoms with Crippen LogP contribution in [0, 0.1) is 0 Å². The molecule has 0 bridgehead atoms. The van der Waals surface area contributed by atoms with Crippen molar-refractivity contribution in [2.24, 2.45) is 11.5 Å². The van der Waals surface area contributed by atoms with E-state index < -0.39 is 0 Å². The molecule has 0 aliphatic rings. The lowest BCUT2D eigenvalue weighted by Gasteiger charge is -2.09. The fourth-order valence-corrected chi connectivity index (χ4v) is 4.68. The molecular weight excluding hydrogens is 908 g/mol. The van der Waals surface area contributed by atoms with E-state index in [-0.39, 0.29) is 13.5 Å². The highest BCUT2D eigenvalue weighted by Crippen LogP contribution is 1.90. The van der Waals surface area contributed by atoms with Crippen LogP contribution in [-0.4, -0.2) is 291 Å². The molecule has 0 radical (unpaired) electrons. The Morgan fingerprint density at radius 1 is 0.103 bits per heavy atom. The number of nitrogens with two attached hydrogens (primary N) is 2. The van der Waals surface area contributed by atoms with Crippen LogP contribution >= 0.6 is 0 Å². The van der Waals surface area contributed by atoms with Gasteiger partial charge >= 0.3 is 0 Å². The van der Waals surface area contributed by atoms with Gasteiger partial charge in [-0.25, -0.2) is 0 Å². The van der Waals surface area contributed by atoms with Gasteiger partial charge in [0, 0.05) is 0 Å². The van der Waals surface area contributed by atoms with Gasteiger partial charge in [0.05, 0.1) is 291 Å². The van der Waals surface area contributed by atoms with Crippen LogP contribution in [0.25, 0.3) is 0 Å². The van der Waals surface area contributed by atoms with Crippen molar-refractivity contribution >= 4 is 0 Å². The van der Waals surface area contributed by atoms with Gasteiger partial charge in [-0.2, -0.15) is 0 Å². The third-order valence-electron chi connectivity index (χ3n) is 8.05. The van der Waals surface area contributed by atoms with Crippen LogP contribution < -0.4 is 11.5 Å². The van der Waals surface area contributed by atoms with Crippen LogP contribution in [-0.2, 0) is 104 Å². The Labute approximate surface area is 406 Å². The lowest BCUT2D eigenvalue weighted by Crippen LogP contribution is -2.16. The summed E-state index contributed by atoms with van der Waals surface area (Å²) in [6, 6.07) is 0. The van der Waals surface area contributed by atoms with E-state index >= 15 is 0 Å². The molecule has 0 saturated carbocycles. The maximum absolute atomic E-state index is 5.51. The number of hydrogen-bond acceptors (Lipinski definition) is 24. The Morgan fingerprint density at radius 3 is 0.221 bits per heavy atom. The minimum absolute atomic E-state index is 0.204.